The fourth-order valence-electron chi connectivity index (χ4n) is 2.19. The molecule has 0 aliphatic rings. The number of aromatic nitrogens is 2. The smallest absolute Gasteiger partial charge is 0.242 e. The number of carbonyl (C=O) groups excluding carboxylic acids is 2. The van der Waals surface area contributed by atoms with Crippen LogP contribution >= 0.6 is 23.1 Å². The molecule has 2 aromatic rings. The van der Waals surface area contributed by atoms with Gasteiger partial charge in [-0.1, -0.05) is 40.8 Å². The first-order valence-electron chi connectivity index (χ1n) is 8.26. The average Bonchev–Trinajstić information content (AvgIpc) is 3.03. The van der Waals surface area contributed by atoms with E-state index in [1.54, 1.807) is 6.92 Å². The van der Waals surface area contributed by atoms with E-state index < -0.39 is 6.04 Å². The lowest BCUT2D eigenvalue weighted by molar-refractivity contribution is -0.127. The molecule has 2 amide bonds. The summed E-state index contributed by atoms with van der Waals surface area (Å²) in [6.07, 6.45) is 0. The van der Waals surface area contributed by atoms with E-state index in [9.17, 15) is 9.59 Å². The average molecular weight is 394 g/mol. The van der Waals surface area contributed by atoms with Gasteiger partial charge in [0.1, 0.15) is 6.04 Å². The Balaban J connectivity index is 1.84. The van der Waals surface area contributed by atoms with Crippen molar-refractivity contribution in [1.82, 2.24) is 20.8 Å². The van der Waals surface area contributed by atoms with Crippen molar-refractivity contribution in [2.75, 3.05) is 17.6 Å². The number of nitrogens with zero attached hydrogens (tertiary/aromatic N) is 2. The molecular formula is C17H23N5O2S2. The third-order valence-electron chi connectivity index (χ3n) is 3.48. The predicted octanol–water partition coefficient (Wildman–Crippen LogP) is 2.63. The number of nitrogens with one attached hydrogen (secondary N) is 3. The van der Waals surface area contributed by atoms with E-state index >= 15 is 0 Å². The van der Waals surface area contributed by atoms with Crippen LogP contribution < -0.4 is 16.0 Å². The molecule has 1 atom stereocenters. The molecule has 0 fully saturated rings. The highest BCUT2D eigenvalue weighted by molar-refractivity contribution is 8.01. The number of benzene rings is 1. The van der Waals surface area contributed by atoms with Crippen molar-refractivity contribution in [2.24, 2.45) is 0 Å². The normalized spacial score (nSPS) is 11.7. The minimum atomic E-state index is -0.556. The molecular weight excluding hydrogens is 370 g/mol. The molecule has 0 saturated carbocycles. The van der Waals surface area contributed by atoms with Crippen molar-refractivity contribution in [3.05, 3.63) is 29.3 Å². The van der Waals surface area contributed by atoms with Crippen LogP contribution in [-0.2, 0) is 9.59 Å². The van der Waals surface area contributed by atoms with E-state index in [2.05, 4.69) is 32.2 Å². The van der Waals surface area contributed by atoms with Gasteiger partial charge in [0, 0.05) is 12.2 Å². The maximum Gasteiger partial charge on any atom is 0.242 e. The minimum absolute atomic E-state index is 0.182. The maximum atomic E-state index is 11.9. The summed E-state index contributed by atoms with van der Waals surface area (Å²) in [5.41, 5.74) is 3.32. The Morgan fingerprint density at radius 3 is 2.73 bits per heavy atom. The van der Waals surface area contributed by atoms with Crippen molar-refractivity contribution < 1.29 is 9.59 Å². The van der Waals surface area contributed by atoms with Crippen molar-refractivity contribution in [3.63, 3.8) is 0 Å². The summed E-state index contributed by atoms with van der Waals surface area (Å²) in [5.74, 6) is -0.225. The SMILES string of the molecule is CCNC(=O)[C@@H](C)NC(=O)CSc1nnc(Nc2ccc(C)cc2C)s1. The monoisotopic (exact) mass is 393 g/mol. The van der Waals surface area contributed by atoms with Crippen LogP contribution in [0.4, 0.5) is 10.8 Å². The van der Waals surface area contributed by atoms with Crippen molar-refractivity contribution in [1.29, 1.82) is 0 Å². The van der Waals surface area contributed by atoms with Crippen LogP contribution in [0.5, 0.6) is 0 Å². The number of anilines is 2. The van der Waals surface area contributed by atoms with E-state index in [0.717, 1.165) is 11.3 Å². The van der Waals surface area contributed by atoms with Gasteiger partial charge in [-0.05, 0) is 39.3 Å². The van der Waals surface area contributed by atoms with Gasteiger partial charge in [-0.25, -0.2) is 0 Å². The number of amides is 2. The number of thioether (sulfide) groups is 1. The quantitative estimate of drug-likeness (QED) is 0.597. The summed E-state index contributed by atoms with van der Waals surface area (Å²) in [6.45, 7) is 8.11. The lowest BCUT2D eigenvalue weighted by Crippen LogP contribution is -2.45. The van der Waals surface area contributed by atoms with E-state index in [-0.39, 0.29) is 17.6 Å². The zero-order valence-corrected chi connectivity index (χ0v) is 16.9. The molecule has 0 saturated heterocycles. The summed E-state index contributed by atoms with van der Waals surface area (Å²) < 4.78 is 0.693. The van der Waals surface area contributed by atoms with Crippen molar-refractivity contribution in [3.8, 4) is 0 Å². The second kappa shape index (κ2) is 9.54. The fourth-order valence-corrected chi connectivity index (χ4v) is 3.77. The second-order valence-electron chi connectivity index (χ2n) is 5.79. The Hall–Kier alpha value is -2.13. The van der Waals surface area contributed by atoms with Gasteiger partial charge < -0.3 is 16.0 Å². The van der Waals surface area contributed by atoms with Gasteiger partial charge in [-0.15, -0.1) is 10.2 Å². The molecule has 1 aromatic heterocycles. The topological polar surface area (TPSA) is 96.0 Å². The molecule has 1 aromatic carbocycles. The van der Waals surface area contributed by atoms with E-state index in [4.69, 9.17) is 0 Å². The Bertz CT molecular complexity index is 778. The third kappa shape index (κ3) is 5.99. The Kier molecular flexibility index (Phi) is 7.40. The zero-order valence-electron chi connectivity index (χ0n) is 15.3. The Labute approximate surface area is 161 Å². The molecule has 1 heterocycles. The number of carbonyl (C=O) groups is 2. The fraction of sp³-hybridized carbons (Fsp3) is 0.412. The van der Waals surface area contributed by atoms with Crippen LogP contribution in [0.1, 0.15) is 25.0 Å². The summed E-state index contributed by atoms with van der Waals surface area (Å²) in [4.78, 5) is 23.6. The van der Waals surface area contributed by atoms with E-state index in [0.29, 0.717) is 16.0 Å². The molecule has 0 bridgehead atoms. The molecule has 140 valence electrons. The van der Waals surface area contributed by atoms with Crippen LogP contribution in [0.15, 0.2) is 22.5 Å². The molecule has 3 N–H and O–H groups in total. The summed E-state index contributed by atoms with van der Waals surface area (Å²) in [5, 5.41) is 17.4. The summed E-state index contributed by atoms with van der Waals surface area (Å²) >= 11 is 2.68. The predicted molar refractivity (Wildman–Crippen MR) is 106 cm³/mol. The lowest BCUT2D eigenvalue weighted by Gasteiger charge is -2.12. The number of hydrogen-bond donors (Lipinski definition) is 3. The van der Waals surface area contributed by atoms with Gasteiger partial charge in [0.2, 0.25) is 16.9 Å². The standard InChI is InChI=1S/C17H23N5O2S2/c1-5-18-15(24)12(4)19-14(23)9-25-17-22-21-16(26-17)20-13-7-6-10(2)8-11(13)3/h6-8,12H,5,9H2,1-4H3,(H,18,24)(H,19,23)(H,20,21)/t12-/m1/s1. The molecule has 9 heteroatoms. The molecule has 0 unspecified atom stereocenters. The lowest BCUT2D eigenvalue weighted by atomic mass is 10.1. The van der Waals surface area contributed by atoms with Crippen LogP contribution in [0.2, 0.25) is 0 Å². The molecule has 0 radical (unpaired) electrons. The highest BCUT2D eigenvalue weighted by Crippen LogP contribution is 2.28. The van der Waals surface area contributed by atoms with Gasteiger partial charge in [0.25, 0.3) is 0 Å². The molecule has 2 rings (SSSR count). The third-order valence-corrected chi connectivity index (χ3v) is 5.45. The first-order chi connectivity index (χ1) is 12.4. The molecule has 7 nitrogen and oxygen atoms in total. The first-order valence-corrected chi connectivity index (χ1v) is 10.1. The van der Waals surface area contributed by atoms with Gasteiger partial charge in [-0.3, -0.25) is 9.59 Å². The Morgan fingerprint density at radius 2 is 2.04 bits per heavy atom. The van der Waals surface area contributed by atoms with Crippen molar-refractivity contribution in [2.45, 2.75) is 38.1 Å². The van der Waals surface area contributed by atoms with Crippen LogP contribution in [0.25, 0.3) is 0 Å². The Morgan fingerprint density at radius 1 is 1.27 bits per heavy atom. The number of hydrogen-bond acceptors (Lipinski definition) is 7. The van der Waals surface area contributed by atoms with Gasteiger partial charge in [0.05, 0.1) is 5.75 Å². The molecule has 26 heavy (non-hydrogen) atoms. The van der Waals surface area contributed by atoms with Gasteiger partial charge >= 0.3 is 0 Å². The first kappa shape index (κ1) is 20.2. The van der Waals surface area contributed by atoms with Crippen molar-refractivity contribution >= 4 is 45.7 Å². The number of aryl methyl sites for hydroxylation is 2. The number of rotatable bonds is 8. The molecule has 0 aliphatic carbocycles. The van der Waals surface area contributed by atoms with E-state index in [1.165, 1.54) is 28.7 Å². The number of likely N-dealkylation sites (N-methyl/N-ethyl adjacent to an activating group) is 1. The molecule has 0 spiro atoms. The van der Waals surface area contributed by atoms with Crippen LogP contribution in [0.3, 0.4) is 0 Å². The second-order valence-corrected chi connectivity index (χ2v) is 7.99. The summed E-state index contributed by atoms with van der Waals surface area (Å²) in [7, 11) is 0. The minimum Gasteiger partial charge on any atom is -0.355 e. The van der Waals surface area contributed by atoms with Crippen LogP contribution in [0, 0.1) is 13.8 Å². The highest BCUT2D eigenvalue weighted by Gasteiger charge is 2.15. The summed E-state index contributed by atoms with van der Waals surface area (Å²) in [6, 6.07) is 5.58. The van der Waals surface area contributed by atoms with Gasteiger partial charge in [-0.2, -0.15) is 0 Å². The van der Waals surface area contributed by atoms with Crippen LogP contribution in [-0.4, -0.2) is 40.4 Å². The van der Waals surface area contributed by atoms with E-state index in [1.807, 2.05) is 32.9 Å². The zero-order chi connectivity index (χ0) is 19.1. The highest BCUT2D eigenvalue weighted by atomic mass is 32.2. The largest absolute Gasteiger partial charge is 0.355 e. The van der Waals surface area contributed by atoms with Gasteiger partial charge in [0.15, 0.2) is 4.34 Å². The maximum absolute atomic E-state index is 11.9. The molecule has 0 aliphatic heterocycles.